The number of hydrogen-bond donors (Lipinski definition) is 2. The fraction of sp³-hybridized carbons (Fsp3) is 0. The van der Waals surface area contributed by atoms with Crippen molar-refractivity contribution in [2.24, 2.45) is 0 Å². The van der Waals surface area contributed by atoms with E-state index in [1.807, 2.05) is 12.1 Å². The number of hydrogen-bond acceptors (Lipinski definition) is 4. The number of aromatic amines is 1. The fourth-order valence-electron chi connectivity index (χ4n) is 2.95. The molecule has 0 radical (unpaired) electrons. The lowest BCUT2D eigenvalue weighted by atomic mass is 10.0. The molecule has 0 saturated carbocycles. The lowest BCUT2D eigenvalue weighted by Crippen LogP contribution is -1.89. The van der Waals surface area contributed by atoms with Crippen LogP contribution in [0.1, 0.15) is 11.1 Å². The molecule has 0 saturated heterocycles. The van der Waals surface area contributed by atoms with Gasteiger partial charge in [0.1, 0.15) is 11.5 Å². The van der Waals surface area contributed by atoms with E-state index in [9.17, 15) is 5.26 Å². The molecule has 0 aliphatic heterocycles. The predicted octanol–water partition coefficient (Wildman–Crippen LogP) is 5.58. The molecule has 3 N–H and O–H groups in total. The summed E-state index contributed by atoms with van der Waals surface area (Å²) in [4.78, 5) is 11.7. The molecule has 4 rings (SSSR count). The Morgan fingerprint density at radius 1 is 1.07 bits per heavy atom. The molecule has 5 nitrogen and oxygen atoms in total. The largest absolute Gasteiger partial charge is 0.384 e. The Bertz CT molecular complexity index is 1230. The molecular formula is C21H13Cl2N5. The molecule has 0 unspecified atom stereocenters. The number of allylic oxidation sites excluding steroid dienone is 1. The molecule has 3 heterocycles. The van der Waals surface area contributed by atoms with Crippen LogP contribution in [-0.2, 0) is 0 Å². The Kier molecular flexibility index (Phi) is 4.74. The number of fused-ring (bicyclic) bond motifs is 1. The number of anilines is 1. The van der Waals surface area contributed by atoms with Crippen LogP contribution in [0.2, 0.25) is 10.0 Å². The average molecular weight is 406 g/mol. The number of pyridine rings is 2. The quantitative estimate of drug-likeness (QED) is 0.435. The van der Waals surface area contributed by atoms with Gasteiger partial charge in [-0.2, -0.15) is 5.26 Å². The molecule has 3 aromatic heterocycles. The Balaban J connectivity index is 1.84. The summed E-state index contributed by atoms with van der Waals surface area (Å²) in [5, 5.41) is 11.4. The molecule has 0 aliphatic rings. The van der Waals surface area contributed by atoms with Crippen LogP contribution >= 0.6 is 23.2 Å². The van der Waals surface area contributed by atoms with Gasteiger partial charge in [0.2, 0.25) is 0 Å². The molecule has 0 aliphatic carbocycles. The maximum absolute atomic E-state index is 9.68. The van der Waals surface area contributed by atoms with Crippen LogP contribution < -0.4 is 5.73 Å². The lowest BCUT2D eigenvalue weighted by molar-refractivity contribution is 1.31. The Labute approximate surface area is 171 Å². The van der Waals surface area contributed by atoms with E-state index in [4.69, 9.17) is 28.9 Å². The molecule has 0 bridgehead atoms. The van der Waals surface area contributed by atoms with E-state index in [1.54, 1.807) is 48.9 Å². The third kappa shape index (κ3) is 3.31. The van der Waals surface area contributed by atoms with Gasteiger partial charge in [0.15, 0.2) is 0 Å². The molecule has 136 valence electrons. The number of aromatic nitrogens is 3. The molecule has 0 amide bonds. The number of nitrogens with two attached hydrogens (primary N) is 1. The zero-order chi connectivity index (χ0) is 19.7. The first-order valence-electron chi connectivity index (χ1n) is 8.32. The maximum Gasteiger partial charge on any atom is 0.137 e. The third-order valence-electron chi connectivity index (χ3n) is 4.34. The highest BCUT2D eigenvalue weighted by molar-refractivity contribution is 6.38. The Morgan fingerprint density at radius 2 is 1.82 bits per heavy atom. The smallest absolute Gasteiger partial charge is 0.137 e. The van der Waals surface area contributed by atoms with Crippen molar-refractivity contribution >= 4 is 51.7 Å². The Morgan fingerprint density at radius 3 is 2.50 bits per heavy atom. The van der Waals surface area contributed by atoms with E-state index in [-0.39, 0.29) is 0 Å². The van der Waals surface area contributed by atoms with Gasteiger partial charge in [-0.25, -0.2) is 9.97 Å². The number of nitrogens with zero attached hydrogens (tertiary/aromatic N) is 3. The van der Waals surface area contributed by atoms with Crippen molar-refractivity contribution in [1.82, 2.24) is 15.0 Å². The summed E-state index contributed by atoms with van der Waals surface area (Å²) in [7, 11) is 0. The van der Waals surface area contributed by atoms with Crippen LogP contribution in [0.5, 0.6) is 0 Å². The monoisotopic (exact) mass is 405 g/mol. The zero-order valence-electron chi connectivity index (χ0n) is 14.4. The number of rotatable bonds is 3. The van der Waals surface area contributed by atoms with E-state index in [0.717, 1.165) is 22.1 Å². The van der Waals surface area contributed by atoms with E-state index in [2.05, 4.69) is 21.0 Å². The molecule has 7 heteroatoms. The van der Waals surface area contributed by atoms with Crippen molar-refractivity contribution in [3.8, 4) is 17.2 Å². The number of nitrogens with one attached hydrogen (secondary N) is 1. The first kappa shape index (κ1) is 18.1. The van der Waals surface area contributed by atoms with Crippen LogP contribution in [0.4, 0.5) is 5.82 Å². The lowest BCUT2D eigenvalue weighted by Gasteiger charge is -2.05. The van der Waals surface area contributed by atoms with Crippen LogP contribution in [-0.4, -0.2) is 15.0 Å². The first-order chi connectivity index (χ1) is 13.6. The second-order valence-corrected chi connectivity index (χ2v) is 6.92. The molecule has 4 aromatic rings. The second kappa shape index (κ2) is 7.35. The highest BCUT2D eigenvalue weighted by Gasteiger charge is 2.13. The van der Waals surface area contributed by atoms with Gasteiger partial charge >= 0.3 is 0 Å². The van der Waals surface area contributed by atoms with Gasteiger partial charge in [0.25, 0.3) is 0 Å². The molecule has 28 heavy (non-hydrogen) atoms. The Hall–Kier alpha value is -3.33. The minimum Gasteiger partial charge on any atom is -0.384 e. The van der Waals surface area contributed by atoms with E-state index in [1.165, 1.54) is 0 Å². The molecule has 0 atom stereocenters. The summed E-state index contributed by atoms with van der Waals surface area (Å²) in [5.41, 5.74) is 9.85. The van der Waals surface area contributed by atoms with Gasteiger partial charge in [-0.05, 0) is 36.4 Å². The van der Waals surface area contributed by atoms with Gasteiger partial charge < -0.3 is 10.7 Å². The summed E-state index contributed by atoms with van der Waals surface area (Å²) in [5.74, 6) is 0.457. The van der Waals surface area contributed by atoms with Crippen molar-refractivity contribution in [2.75, 3.05) is 5.73 Å². The van der Waals surface area contributed by atoms with Gasteiger partial charge in [-0.15, -0.1) is 0 Å². The molecular weight excluding hydrogens is 393 g/mol. The SMILES string of the molecule is N#C/C(=C\c1c[nH]c2ncc(-c3ccc(N)nc3)cc12)c1c(Cl)cccc1Cl. The van der Waals surface area contributed by atoms with Gasteiger partial charge in [0, 0.05) is 46.2 Å². The molecule has 0 fully saturated rings. The number of nitriles is 1. The first-order valence-corrected chi connectivity index (χ1v) is 9.07. The van der Waals surface area contributed by atoms with Crippen LogP contribution in [0, 0.1) is 11.3 Å². The predicted molar refractivity (Wildman–Crippen MR) is 114 cm³/mol. The standard InChI is InChI=1S/C21H13Cl2N5/c22-17-2-1-3-18(23)20(17)13(8-24)6-15-11-28-21-16(15)7-14(10-27-21)12-4-5-19(25)26-9-12/h1-7,9-11H,(H2,25,26)(H,27,28)/b13-6+. The summed E-state index contributed by atoms with van der Waals surface area (Å²) in [6.45, 7) is 0. The van der Waals surface area contributed by atoms with Crippen molar-refractivity contribution in [3.05, 3.63) is 76.2 Å². The molecule has 1 aromatic carbocycles. The van der Waals surface area contributed by atoms with Gasteiger partial charge in [-0.1, -0.05) is 29.3 Å². The average Bonchev–Trinajstić information content (AvgIpc) is 3.09. The van der Waals surface area contributed by atoms with Gasteiger partial charge in [0.05, 0.1) is 21.7 Å². The van der Waals surface area contributed by atoms with Crippen molar-refractivity contribution < 1.29 is 0 Å². The zero-order valence-corrected chi connectivity index (χ0v) is 16.0. The second-order valence-electron chi connectivity index (χ2n) is 6.10. The minimum absolute atomic E-state index is 0.371. The summed E-state index contributed by atoms with van der Waals surface area (Å²) >= 11 is 12.5. The highest BCUT2D eigenvalue weighted by atomic mass is 35.5. The third-order valence-corrected chi connectivity index (χ3v) is 4.97. The summed E-state index contributed by atoms with van der Waals surface area (Å²) in [6, 6.07) is 13.0. The number of benzene rings is 1. The van der Waals surface area contributed by atoms with Crippen molar-refractivity contribution in [3.63, 3.8) is 0 Å². The number of halogens is 2. The van der Waals surface area contributed by atoms with Crippen molar-refractivity contribution in [1.29, 1.82) is 5.26 Å². The van der Waals surface area contributed by atoms with Gasteiger partial charge in [-0.3, -0.25) is 0 Å². The van der Waals surface area contributed by atoms with Crippen molar-refractivity contribution in [2.45, 2.75) is 0 Å². The maximum atomic E-state index is 9.68. The minimum atomic E-state index is 0.371. The normalized spacial score (nSPS) is 11.5. The highest BCUT2D eigenvalue weighted by Crippen LogP contribution is 2.33. The van der Waals surface area contributed by atoms with E-state index in [0.29, 0.717) is 32.6 Å². The summed E-state index contributed by atoms with van der Waals surface area (Å²) < 4.78 is 0. The van der Waals surface area contributed by atoms with E-state index >= 15 is 0 Å². The summed E-state index contributed by atoms with van der Waals surface area (Å²) in [6.07, 6.45) is 7.00. The van der Waals surface area contributed by atoms with Crippen LogP contribution in [0.15, 0.2) is 55.0 Å². The fourth-order valence-corrected chi connectivity index (χ4v) is 3.55. The number of nitrogen functional groups attached to an aromatic ring is 1. The van der Waals surface area contributed by atoms with E-state index < -0.39 is 0 Å². The topological polar surface area (TPSA) is 91.4 Å². The number of H-pyrrole nitrogens is 1. The van der Waals surface area contributed by atoms with Crippen LogP contribution in [0.3, 0.4) is 0 Å². The van der Waals surface area contributed by atoms with Crippen LogP contribution in [0.25, 0.3) is 33.8 Å². The molecule has 0 spiro atoms.